The van der Waals surface area contributed by atoms with Gasteiger partial charge in [-0.25, -0.2) is 4.68 Å². The summed E-state index contributed by atoms with van der Waals surface area (Å²) < 4.78 is 1.66. The van der Waals surface area contributed by atoms with Crippen LogP contribution in [-0.4, -0.2) is 9.78 Å². The van der Waals surface area contributed by atoms with E-state index < -0.39 is 0 Å². The van der Waals surface area contributed by atoms with E-state index in [-0.39, 0.29) is 12.0 Å². The van der Waals surface area contributed by atoms with Gasteiger partial charge >= 0.3 is 0 Å². The Bertz CT molecular complexity index is 560. The van der Waals surface area contributed by atoms with Gasteiger partial charge in [-0.2, -0.15) is 5.10 Å². The van der Waals surface area contributed by atoms with Crippen molar-refractivity contribution in [2.45, 2.75) is 13.5 Å². The highest BCUT2D eigenvalue weighted by molar-refractivity contribution is 5.34. The maximum Gasteiger partial charge on any atom is 0.204 e. The van der Waals surface area contributed by atoms with E-state index in [1.807, 2.05) is 31.2 Å². The Balaban J connectivity index is 2.52. The third-order valence-electron chi connectivity index (χ3n) is 2.34. The van der Waals surface area contributed by atoms with Crippen LogP contribution in [-0.2, 0) is 6.54 Å². The Kier molecular flexibility index (Phi) is 2.83. The summed E-state index contributed by atoms with van der Waals surface area (Å²) in [6, 6.07) is 9.38. The van der Waals surface area contributed by atoms with Crippen LogP contribution in [0.4, 0.5) is 0 Å². The van der Waals surface area contributed by atoms with Crippen LogP contribution < -0.4 is 11.2 Å². The maximum atomic E-state index is 11.3. The normalized spacial score (nSPS) is 10.4. The van der Waals surface area contributed by atoms with E-state index in [9.17, 15) is 4.79 Å². The van der Waals surface area contributed by atoms with Gasteiger partial charge in [0.05, 0.1) is 5.69 Å². The molecule has 0 radical (unpaired) electrons. The molecule has 2 aromatic rings. The van der Waals surface area contributed by atoms with Gasteiger partial charge in [-0.1, -0.05) is 12.1 Å². The van der Waals surface area contributed by atoms with E-state index in [1.165, 1.54) is 6.07 Å². The van der Waals surface area contributed by atoms with E-state index in [4.69, 9.17) is 5.73 Å². The molecule has 1 aromatic heterocycles. The number of benzene rings is 1. The average Bonchev–Trinajstić information content (AvgIpc) is 2.29. The predicted molar refractivity (Wildman–Crippen MR) is 62.5 cm³/mol. The van der Waals surface area contributed by atoms with Gasteiger partial charge in [0, 0.05) is 18.8 Å². The Hall–Kier alpha value is -1.94. The van der Waals surface area contributed by atoms with Gasteiger partial charge < -0.3 is 5.73 Å². The summed E-state index contributed by atoms with van der Waals surface area (Å²) in [5, 5.41) is 4.18. The van der Waals surface area contributed by atoms with Crippen molar-refractivity contribution in [2.75, 3.05) is 0 Å². The summed E-state index contributed by atoms with van der Waals surface area (Å²) in [4.78, 5) is 11.3. The summed E-state index contributed by atoms with van der Waals surface area (Å²) >= 11 is 0. The number of aryl methyl sites for hydroxylation is 1. The van der Waals surface area contributed by atoms with E-state index in [1.54, 1.807) is 10.9 Å². The molecule has 0 aliphatic rings. The number of nitrogens with zero attached hydrogens (tertiary/aromatic N) is 2. The van der Waals surface area contributed by atoms with Gasteiger partial charge in [0.1, 0.15) is 5.69 Å². The molecule has 0 aliphatic heterocycles. The smallest absolute Gasteiger partial charge is 0.204 e. The zero-order valence-corrected chi connectivity index (χ0v) is 9.05. The van der Waals surface area contributed by atoms with E-state index in [2.05, 4.69) is 5.10 Å². The van der Waals surface area contributed by atoms with Crippen molar-refractivity contribution in [1.82, 2.24) is 9.78 Å². The second-order valence-electron chi connectivity index (χ2n) is 3.61. The molecular formula is C12H13N3O. The molecule has 0 saturated heterocycles. The second kappa shape index (κ2) is 4.28. The quantitative estimate of drug-likeness (QED) is 0.813. The van der Waals surface area contributed by atoms with Crippen LogP contribution in [0, 0.1) is 6.92 Å². The van der Waals surface area contributed by atoms with E-state index >= 15 is 0 Å². The lowest BCUT2D eigenvalue weighted by atomic mass is 10.2. The Labute approximate surface area is 93.3 Å². The molecule has 0 fully saturated rings. The molecule has 1 heterocycles. The Morgan fingerprint density at radius 1 is 1.38 bits per heavy atom. The Morgan fingerprint density at radius 3 is 2.88 bits per heavy atom. The van der Waals surface area contributed by atoms with Crippen molar-refractivity contribution in [1.29, 1.82) is 0 Å². The van der Waals surface area contributed by atoms with Crippen molar-refractivity contribution in [3.05, 3.63) is 58.0 Å². The SMILES string of the molecule is Cc1cccc(-n2ccc(=O)c(CN)n2)c1. The number of hydrogen-bond acceptors (Lipinski definition) is 3. The molecule has 16 heavy (non-hydrogen) atoms. The minimum absolute atomic E-state index is 0.119. The van der Waals surface area contributed by atoms with E-state index in [0.717, 1.165) is 11.3 Å². The molecule has 2 rings (SSSR count). The minimum atomic E-state index is -0.119. The lowest BCUT2D eigenvalue weighted by Gasteiger charge is -2.06. The summed E-state index contributed by atoms with van der Waals surface area (Å²) in [7, 11) is 0. The molecule has 0 unspecified atom stereocenters. The summed E-state index contributed by atoms with van der Waals surface area (Å²) in [5.74, 6) is 0. The van der Waals surface area contributed by atoms with E-state index in [0.29, 0.717) is 5.69 Å². The van der Waals surface area contributed by atoms with Crippen LogP contribution in [0.15, 0.2) is 41.3 Å². The van der Waals surface area contributed by atoms with Gasteiger partial charge in [-0.3, -0.25) is 4.79 Å². The highest BCUT2D eigenvalue weighted by Gasteiger charge is 2.01. The van der Waals surface area contributed by atoms with Crippen LogP contribution in [0.3, 0.4) is 0 Å². The lowest BCUT2D eigenvalue weighted by Crippen LogP contribution is -2.18. The van der Waals surface area contributed by atoms with Crippen LogP contribution in [0.5, 0.6) is 0 Å². The van der Waals surface area contributed by atoms with Gasteiger partial charge in [0.25, 0.3) is 0 Å². The molecule has 82 valence electrons. The molecule has 4 heteroatoms. The zero-order valence-electron chi connectivity index (χ0n) is 9.05. The highest BCUT2D eigenvalue weighted by Crippen LogP contribution is 2.07. The van der Waals surface area contributed by atoms with Crippen LogP contribution >= 0.6 is 0 Å². The minimum Gasteiger partial charge on any atom is -0.325 e. The molecule has 0 amide bonds. The number of rotatable bonds is 2. The standard InChI is InChI=1S/C12H13N3O/c1-9-3-2-4-10(7-9)15-6-5-12(16)11(8-13)14-15/h2-7H,8,13H2,1H3. The largest absolute Gasteiger partial charge is 0.325 e. The molecule has 0 saturated carbocycles. The lowest BCUT2D eigenvalue weighted by molar-refractivity contribution is 0.776. The highest BCUT2D eigenvalue weighted by atomic mass is 16.1. The molecule has 2 N–H and O–H groups in total. The van der Waals surface area contributed by atoms with Crippen molar-refractivity contribution < 1.29 is 0 Å². The summed E-state index contributed by atoms with van der Waals surface area (Å²) in [6.45, 7) is 2.17. The first-order valence-corrected chi connectivity index (χ1v) is 5.06. The number of aromatic nitrogens is 2. The molecular weight excluding hydrogens is 202 g/mol. The van der Waals surface area contributed by atoms with Crippen molar-refractivity contribution in [2.24, 2.45) is 5.73 Å². The molecule has 4 nitrogen and oxygen atoms in total. The van der Waals surface area contributed by atoms with Gasteiger partial charge in [-0.15, -0.1) is 0 Å². The fourth-order valence-electron chi connectivity index (χ4n) is 1.50. The molecule has 0 atom stereocenters. The first kappa shape index (κ1) is 10.6. The fraction of sp³-hybridized carbons (Fsp3) is 0.167. The molecule has 0 spiro atoms. The van der Waals surface area contributed by atoms with Gasteiger partial charge in [-0.05, 0) is 24.6 Å². The number of hydrogen-bond donors (Lipinski definition) is 1. The van der Waals surface area contributed by atoms with Crippen LogP contribution in [0.25, 0.3) is 5.69 Å². The third kappa shape index (κ3) is 2.01. The van der Waals surface area contributed by atoms with Gasteiger partial charge in [0.2, 0.25) is 5.43 Å². The predicted octanol–water partition coefficient (Wildman–Crippen LogP) is 1.000. The van der Waals surface area contributed by atoms with Crippen molar-refractivity contribution in [3.63, 3.8) is 0 Å². The van der Waals surface area contributed by atoms with Crippen molar-refractivity contribution in [3.8, 4) is 5.69 Å². The number of nitrogens with two attached hydrogens (primary N) is 1. The maximum absolute atomic E-state index is 11.3. The topological polar surface area (TPSA) is 60.9 Å². The molecule has 1 aromatic carbocycles. The molecule has 0 aliphatic carbocycles. The van der Waals surface area contributed by atoms with Crippen LogP contribution in [0.2, 0.25) is 0 Å². The third-order valence-corrected chi connectivity index (χ3v) is 2.34. The average molecular weight is 215 g/mol. The zero-order chi connectivity index (χ0) is 11.5. The Morgan fingerprint density at radius 2 is 2.19 bits per heavy atom. The first-order valence-electron chi connectivity index (χ1n) is 5.06. The second-order valence-corrected chi connectivity index (χ2v) is 3.61. The summed E-state index contributed by atoms with van der Waals surface area (Å²) in [5.41, 5.74) is 7.78. The fourth-order valence-corrected chi connectivity index (χ4v) is 1.50. The monoisotopic (exact) mass is 215 g/mol. The van der Waals surface area contributed by atoms with Crippen LogP contribution in [0.1, 0.15) is 11.3 Å². The molecule has 0 bridgehead atoms. The summed E-state index contributed by atoms with van der Waals surface area (Å²) in [6.07, 6.45) is 1.65. The van der Waals surface area contributed by atoms with Gasteiger partial charge in [0.15, 0.2) is 0 Å². The van der Waals surface area contributed by atoms with Crippen molar-refractivity contribution >= 4 is 0 Å². The first-order chi connectivity index (χ1) is 7.70.